The minimum absolute atomic E-state index is 0.218. The minimum atomic E-state index is -5.07. The number of anilines is 1. The van der Waals surface area contributed by atoms with Gasteiger partial charge in [-0.1, -0.05) is 0 Å². The lowest BCUT2D eigenvalue weighted by Crippen LogP contribution is -2.13. The monoisotopic (exact) mass is 245 g/mol. The van der Waals surface area contributed by atoms with Crippen molar-refractivity contribution in [2.75, 3.05) is 5.73 Å². The molecule has 0 heterocycles. The fraction of sp³-hybridized carbons (Fsp3) is 0.250. The molecular formula is C8H5F6NO. The van der Waals surface area contributed by atoms with E-state index in [1.807, 2.05) is 0 Å². The van der Waals surface area contributed by atoms with Gasteiger partial charge in [-0.2, -0.15) is 26.3 Å². The molecule has 0 unspecified atom stereocenters. The van der Waals surface area contributed by atoms with Gasteiger partial charge < -0.3 is 10.8 Å². The molecule has 8 heteroatoms. The Hall–Kier alpha value is -1.60. The highest BCUT2D eigenvalue weighted by Crippen LogP contribution is 2.42. The van der Waals surface area contributed by atoms with Crippen LogP contribution in [0.25, 0.3) is 0 Å². The van der Waals surface area contributed by atoms with E-state index in [2.05, 4.69) is 0 Å². The van der Waals surface area contributed by atoms with Crippen molar-refractivity contribution in [2.45, 2.75) is 12.4 Å². The van der Waals surface area contributed by atoms with Gasteiger partial charge in [0.25, 0.3) is 0 Å². The van der Waals surface area contributed by atoms with E-state index in [-0.39, 0.29) is 12.1 Å². The Bertz CT molecular complexity index is 373. The molecule has 16 heavy (non-hydrogen) atoms. The van der Waals surface area contributed by atoms with Crippen molar-refractivity contribution < 1.29 is 31.4 Å². The molecule has 0 spiro atoms. The Balaban J connectivity index is 3.45. The van der Waals surface area contributed by atoms with Crippen LogP contribution < -0.4 is 5.73 Å². The third-order valence-electron chi connectivity index (χ3n) is 1.78. The van der Waals surface area contributed by atoms with Gasteiger partial charge in [-0.05, 0) is 6.07 Å². The Morgan fingerprint density at radius 1 is 0.875 bits per heavy atom. The number of hydrogen-bond donors (Lipinski definition) is 2. The number of rotatable bonds is 0. The van der Waals surface area contributed by atoms with Crippen LogP contribution in [0.15, 0.2) is 12.1 Å². The van der Waals surface area contributed by atoms with E-state index in [1.54, 1.807) is 0 Å². The van der Waals surface area contributed by atoms with Gasteiger partial charge in [0.1, 0.15) is 5.75 Å². The number of hydrogen-bond acceptors (Lipinski definition) is 2. The lowest BCUT2D eigenvalue weighted by atomic mass is 10.1. The summed E-state index contributed by atoms with van der Waals surface area (Å²) < 4.78 is 73.2. The van der Waals surface area contributed by atoms with Crippen molar-refractivity contribution in [2.24, 2.45) is 0 Å². The van der Waals surface area contributed by atoms with Crippen molar-refractivity contribution in [1.82, 2.24) is 0 Å². The van der Waals surface area contributed by atoms with Crippen LogP contribution in [0.1, 0.15) is 11.1 Å². The highest BCUT2D eigenvalue weighted by molar-refractivity contribution is 5.56. The van der Waals surface area contributed by atoms with Crippen molar-refractivity contribution in [3.8, 4) is 5.75 Å². The van der Waals surface area contributed by atoms with Crippen LogP contribution in [0.4, 0.5) is 32.0 Å². The first kappa shape index (κ1) is 12.5. The molecule has 0 aromatic heterocycles. The molecule has 0 saturated heterocycles. The molecular weight excluding hydrogens is 240 g/mol. The zero-order valence-corrected chi connectivity index (χ0v) is 7.45. The number of phenols is 1. The Kier molecular flexibility index (Phi) is 2.70. The third kappa shape index (κ3) is 2.31. The summed E-state index contributed by atoms with van der Waals surface area (Å²) in [6, 6.07) is 0.0102. The van der Waals surface area contributed by atoms with E-state index in [0.717, 1.165) is 0 Å². The molecule has 0 radical (unpaired) electrons. The maximum absolute atomic E-state index is 12.2. The zero-order valence-electron chi connectivity index (χ0n) is 7.45. The van der Waals surface area contributed by atoms with Gasteiger partial charge in [0, 0.05) is 11.8 Å². The summed E-state index contributed by atoms with van der Waals surface area (Å²) in [6.45, 7) is 0. The van der Waals surface area contributed by atoms with Gasteiger partial charge in [0.05, 0.1) is 11.1 Å². The van der Waals surface area contributed by atoms with E-state index < -0.39 is 34.9 Å². The number of nitrogen functional groups attached to an aromatic ring is 1. The van der Waals surface area contributed by atoms with Gasteiger partial charge >= 0.3 is 12.4 Å². The van der Waals surface area contributed by atoms with Crippen LogP contribution >= 0.6 is 0 Å². The van der Waals surface area contributed by atoms with Gasteiger partial charge in [-0.25, -0.2) is 0 Å². The predicted octanol–water partition coefficient (Wildman–Crippen LogP) is 3.01. The normalized spacial score (nSPS) is 12.9. The summed E-state index contributed by atoms with van der Waals surface area (Å²) in [6.07, 6.45) is -10.1. The number of alkyl halides is 6. The first-order valence-corrected chi connectivity index (χ1v) is 3.80. The molecule has 0 aliphatic rings. The van der Waals surface area contributed by atoms with Crippen LogP contribution in [-0.4, -0.2) is 5.11 Å². The number of benzene rings is 1. The smallest absolute Gasteiger partial charge is 0.419 e. The van der Waals surface area contributed by atoms with Crippen LogP contribution in [-0.2, 0) is 12.4 Å². The van der Waals surface area contributed by atoms with Crippen LogP contribution in [0.2, 0.25) is 0 Å². The fourth-order valence-electron chi connectivity index (χ4n) is 1.08. The van der Waals surface area contributed by atoms with Crippen molar-refractivity contribution in [3.05, 3.63) is 23.3 Å². The maximum Gasteiger partial charge on any atom is 0.419 e. The molecule has 0 aliphatic heterocycles. The van der Waals surface area contributed by atoms with Gasteiger partial charge in [-0.3, -0.25) is 0 Å². The van der Waals surface area contributed by atoms with Gasteiger partial charge in [-0.15, -0.1) is 0 Å². The van der Waals surface area contributed by atoms with E-state index in [0.29, 0.717) is 0 Å². The van der Waals surface area contributed by atoms with Gasteiger partial charge in [0.2, 0.25) is 0 Å². The molecule has 3 N–H and O–H groups in total. The standard InChI is InChI=1S/C8H5F6NO/c9-7(10,11)3-1-4(8(12,13)14)6(16)2-5(3)15/h1-2,16H,15H2. The minimum Gasteiger partial charge on any atom is -0.507 e. The van der Waals surface area contributed by atoms with Crippen molar-refractivity contribution in [3.63, 3.8) is 0 Å². The zero-order chi connectivity index (χ0) is 12.7. The summed E-state index contributed by atoms with van der Waals surface area (Å²) in [4.78, 5) is 0. The summed E-state index contributed by atoms with van der Waals surface area (Å²) in [5.74, 6) is -1.34. The second-order valence-corrected chi connectivity index (χ2v) is 2.95. The number of phenolic OH excluding ortho intramolecular Hbond substituents is 1. The number of nitrogens with two attached hydrogens (primary N) is 1. The first-order valence-electron chi connectivity index (χ1n) is 3.80. The molecule has 0 fully saturated rings. The molecule has 1 rings (SSSR count). The number of halogens is 6. The second-order valence-electron chi connectivity index (χ2n) is 2.95. The molecule has 0 atom stereocenters. The van der Waals surface area contributed by atoms with Crippen LogP contribution in [0.3, 0.4) is 0 Å². The van der Waals surface area contributed by atoms with Crippen LogP contribution in [0, 0.1) is 0 Å². The highest BCUT2D eigenvalue weighted by Gasteiger charge is 2.40. The number of aromatic hydroxyl groups is 1. The maximum atomic E-state index is 12.2. The first-order chi connectivity index (χ1) is 7.03. The average Bonchev–Trinajstić information content (AvgIpc) is 1.97. The molecule has 1 aromatic rings. The molecule has 0 bridgehead atoms. The molecule has 1 aromatic carbocycles. The van der Waals surface area contributed by atoms with Gasteiger partial charge in [0.15, 0.2) is 0 Å². The quantitative estimate of drug-likeness (QED) is 0.545. The molecule has 90 valence electrons. The molecule has 0 amide bonds. The van der Waals surface area contributed by atoms with E-state index in [1.165, 1.54) is 0 Å². The lowest BCUT2D eigenvalue weighted by molar-refractivity contribution is -0.143. The van der Waals surface area contributed by atoms with E-state index in [4.69, 9.17) is 10.8 Å². The Morgan fingerprint density at radius 2 is 1.31 bits per heavy atom. The van der Waals surface area contributed by atoms with E-state index in [9.17, 15) is 26.3 Å². The SMILES string of the molecule is Nc1cc(O)c(C(F)(F)F)cc1C(F)(F)F. The highest BCUT2D eigenvalue weighted by atomic mass is 19.4. The molecule has 2 nitrogen and oxygen atoms in total. The van der Waals surface area contributed by atoms with Crippen molar-refractivity contribution >= 4 is 5.69 Å². The average molecular weight is 245 g/mol. The fourth-order valence-corrected chi connectivity index (χ4v) is 1.08. The summed E-state index contributed by atoms with van der Waals surface area (Å²) in [5, 5.41) is 8.85. The summed E-state index contributed by atoms with van der Waals surface area (Å²) in [7, 11) is 0. The van der Waals surface area contributed by atoms with Crippen molar-refractivity contribution in [1.29, 1.82) is 0 Å². The summed E-state index contributed by atoms with van der Waals surface area (Å²) >= 11 is 0. The third-order valence-corrected chi connectivity index (χ3v) is 1.78. The lowest BCUT2D eigenvalue weighted by Gasteiger charge is -2.14. The Labute approximate surface area is 85.3 Å². The van der Waals surface area contributed by atoms with E-state index >= 15 is 0 Å². The predicted molar refractivity (Wildman–Crippen MR) is 42.5 cm³/mol. The second kappa shape index (κ2) is 3.46. The Morgan fingerprint density at radius 3 is 1.69 bits per heavy atom. The largest absolute Gasteiger partial charge is 0.507 e. The summed E-state index contributed by atoms with van der Waals surface area (Å²) in [5.41, 5.74) is 0.516. The van der Waals surface area contributed by atoms with Crippen LogP contribution in [0.5, 0.6) is 5.75 Å². The topological polar surface area (TPSA) is 46.2 Å². The molecule has 0 saturated carbocycles. The molecule has 0 aliphatic carbocycles.